The molecule has 2 aromatic rings. The molecule has 1 aromatic carbocycles. The van der Waals surface area contributed by atoms with E-state index in [9.17, 15) is 9.18 Å². The summed E-state index contributed by atoms with van der Waals surface area (Å²) < 4.78 is 19.6. The lowest BCUT2D eigenvalue weighted by atomic mass is 10.1. The maximum atomic E-state index is 14.0. The van der Waals surface area contributed by atoms with E-state index in [0.29, 0.717) is 17.0 Å². The first-order chi connectivity index (χ1) is 12.0. The molecule has 1 aromatic heterocycles. The van der Waals surface area contributed by atoms with E-state index in [1.165, 1.54) is 6.07 Å². The second-order valence-electron chi connectivity index (χ2n) is 5.42. The van der Waals surface area contributed by atoms with E-state index in [1.807, 2.05) is 25.1 Å². The topological polar surface area (TPSA) is 59.4 Å². The fourth-order valence-electron chi connectivity index (χ4n) is 2.31. The predicted molar refractivity (Wildman–Crippen MR) is 94.8 cm³/mol. The third-order valence-corrected chi connectivity index (χ3v) is 3.66. The molecule has 0 aliphatic heterocycles. The van der Waals surface area contributed by atoms with Gasteiger partial charge in [0.2, 0.25) is 5.88 Å². The number of pyridine rings is 1. The van der Waals surface area contributed by atoms with E-state index in [0.717, 1.165) is 11.3 Å². The fourth-order valence-corrected chi connectivity index (χ4v) is 2.31. The van der Waals surface area contributed by atoms with Crippen molar-refractivity contribution in [2.24, 2.45) is 0 Å². The largest absolute Gasteiger partial charge is 0.481 e. The highest BCUT2D eigenvalue weighted by molar-refractivity contribution is 5.70. The van der Waals surface area contributed by atoms with Gasteiger partial charge in [-0.3, -0.25) is 4.79 Å². The van der Waals surface area contributed by atoms with E-state index in [-0.39, 0.29) is 19.4 Å². The van der Waals surface area contributed by atoms with Gasteiger partial charge in [-0.25, -0.2) is 9.37 Å². The summed E-state index contributed by atoms with van der Waals surface area (Å²) in [6, 6.07) is 10.1. The molecular formula is C20H20FNO3. The van der Waals surface area contributed by atoms with Crippen molar-refractivity contribution < 1.29 is 19.0 Å². The predicted octanol–water partition coefficient (Wildman–Crippen LogP) is 4.41. The van der Waals surface area contributed by atoms with Crippen molar-refractivity contribution >= 4 is 11.5 Å². The lowest BCUT2D eigenvalue weighted by molar-refractivity contribution is -0.136. The number of hydrogen-bond donors (Lipinski definition) is 1. The highest BCUT2D eigenvalue weighted by Gasteiger charge is 2.07. The van der Waals surface area contributed by atoms with Crippen LogP contribution in [0.25, 0.3) is 5.57 Å². The van der Waals surface area contributed by atoms with Crippen molar-refractivity contribution in [3.05, 3.63) is 77.8 Å². The number of hydrogen-bond acceptors (Lipinski definition) is 3. The second kappa shape index (κ2) is 8.78. The maximum Gasteiger partial charge on any atom is 0.303 e. The molecule has 0 atom stereocenters. The minimum Gasteiger partial charge on any atom is -0.481 e. The lowest BCUT2D eigenvalue weighted by Crippen LogP contribution is -2.02. The first-order valence-electron chi connectivity index (χ1n) is 7.91. The van der Waals surface area contributed by atoms with Crippen LogP contribution in [0.15, 0.2) is 55.1 Å². The van der Waals surface area contributed by atoms with Crippen molar-refractivity contribution in [3.63, 3.8) is 0 Å². The number of carboxylic acids is 1. The van der Waals surface area contributed by atoms with E-state index >= 15 is 0 Å². The van der Waals surface area contributed by atoms with Crippen LogP contribution < -0.4 is 4.74 Å². The summed E-state index contributed by atoms with van der Waals surface area (Å²) in [6.45, 7) is 5.82. The normalized spacial score (nSPS) is 11.2. The SMILES string of the molecule is C=C/C(=C/C)c1cccc(OCc2ccc(CCC(=O)O)c(F)c2)n1. The highest BCUT2D eigenvalue weighted by atomic mass is 19.1. The molecule has 0 bridgehead atoms. The third kappa shape index (κ3) is 5.28. The van der Waals surface area contributed by atoms with Crippen molar-refractivity contribution in [3.8, 4) is 5.88 Å². The minimum atomic E-state index is -0.946. The summed E-state index contributed by atoms with van der Waals surface area (Å²) in [5.74, 6) is -0.932. The first kappa shape index (κ1) is 18.4. The quantitative estimate of drug-likeness (QED) is 0.723. The van der Waals surface area contributed by atoms with Crippen molar-refractivity contribution in [1.82, 2.24) is 4.98 Å². The van der Waals surface area contributed by atoms with Gasteiger partial charge >= 0.3 is 5.97 Å². The van der Waals surface area contributed by atoms with Gasteiger partial charge in [0.25, 0.3) is 0 Å². The molecule has 4 nitrogen and oxygen atoms in total. The molecule has 25 heavy (non-hydrogen) atoms. The number of carbonyl (C=O) groups is 1. The average Bonchev–Trinajstić information content (AvgIpc) is 2.60. The summed E-state index contributed by atoms with van der Waals surface area (Å²) >= 11 is 0. The number of halogens is 1. The molecule has 0 spiro atoms. The van der Waals surface area contributed by atoms with Crippen LogP contribution in [-0.2, 0) is 17.8 Å². The molecule has 5 heteroatoms. The lowest BCUT2D eigenvalue weighted by Gasteiger charge is -2.09. The van der Waals surface area contributed by atoms with Gasteiger partial charge in [0.1, 0.15) is 12.4 Å². The molecule has 0 saturated carbocycles. The molecule has 1 N–H and O–H groups in total. The molecule has 0 amide bonds. The number of rotatable bonds is 8. The molecule has 1 heterocycles. The number of ether oxygens (including phenoxy) is 1. The monoisotopic (exact) mass is 341 g/mol. The highest BCUT2D eigenvalue weighted by Crippen LogP contribution is 2.18. The number of carboxylic acid groups (broad SMARTS) is 1. The summed E-state index contributed by atoms with van der Waals surface area (Å²) in [5, 5.41) is 8.67. The number of allylic oxidation sites excluding steroid dienone is 3. The molecule has 0 radical (unpaired) electrons. The first-order valence-corrected chi connectivity index (χ1v) is 7.91. The Kier molecular flexibility index (Phi) is 6.46. The van der Waals surface area contributed by atoms with Gasteiger partial charge in [0.15, 0.2) is 0 Å². The van der Waals surface area contributed by atoms with Gasteiger partial charge in [0, 0.05) is 12.5 Å². The zero-order chi connectivity index (χ0) is 18.2. The smallest absolute Gasteiger partial charge is 0.303 e. The molecule has 130 valence electrons. The van der Waals surface area contributed by atoms with Gasteiger partial charge in [-0.15, -0.1) is 0 Å². The Morgan fingerprint density at radius 3 is 2.80 bits per heavy atom. The number of aryl methyl sites for hydroxylation is 1. The number of aromatic nitrogens is 1. The third-order valence-electron chi connectivity index (χ3n) is 3.66. The van der Waals surface area contributed by atoms with Gasteiger partial charge in [-0.05, 0) is 42.2 Å². The summed E-state index contributed by atoms with van der Waals surface area (Å²) in [7, 11) is 0. The van der Waals surface area contributed by atoms with Crippen LogP contribution in [0.5, 0.6) is 5.88 Å². The van der Waals surface area contributed by atoms with Crippen molar-refractivity contribution in [1.29, 1.82) is 0 Å². The standard InChI is InChI=1S/C20H20FNO3/c1-3-15(4-2)18-6-5-7-19(22-18)25-13-14-8-9-16(17(21)12-14)10-11-20(23)24/h3-9,12H,1,10-11,13H2,2H3,(H,23,24)/b15-4-. The van der Waals surface area contributed by atoms with Crippen LogP contribution in [0.3, 0.4) is 0 Å². The Labute approximate surface area is 146 Å². The van der Waals surface area contributed by atoms with Crippen LogP contribution in [0, 0.1) is 5.82 Å². The van der Waals surface area contributed by atoms with E-state index in [1.54, 1.807) is 24.3 Å². The van der Waals surface area contributed by atoms with Gasteiger partial charge in [-0.2, -0.15) is 0 Å². The second-order valence-corrected chi connectivity index (χ2v) is 5.42. The summed E-state index contributed by atoms with van der Waals surface area (Å²) in [6.07, 6.45) is 3.70. The van der Waals surface area contributed by atoms with Crippen LogP contribution in [0.1, 0.15) is 30.2 Å². The van der Waals surface area contributed by atoms with Crippen LogP contribution in [-0.4, -0.2) is 16.1 Å². The molecule has 0 fully saturated rings. The molecular weight excluding hydrogens is 321 g/mol. The number of aliphatic carboxylic acids is 1. The zero-order valence-corrected chi connectivity index (χ0v) is 14.0. The molecule has 2 rings (SSSR count). The maximum absolute atomic E-state index is 14.0. The Morgan fingerprint density at radius 1 is 1.36 bits per heavy atom. The van der Waals surface area contributed by atoms with Crippen LogP contribution in [0.4, 0.5) is 4.39 Å². The van der Waals surface area contributed by atoms with Crippen LogP contribution >= 0.6 is 0 Å². The van der Waals surface area contributed by atoms with E-state index in [4.69, 9.17) is 9.84 Å². The Bertz CT molecular complexity index is 799. The van der Waals surface area contributed by atoms with Crippen molar-refractivity contribution in [2.75, 3.05) is 0 Å². The van der Waals surface area contributed by atoms with E-state index < -0.39 is 11.8 Å². The Morgan fingerprint density at radius 2 is 2.16 bits per heavy atom. The minimum absolute atomic E-state index is 0.0972. The molecule has 0 unspecified atom stereocenters. The Balaban J connectivity index is 2.04. The molecule has 0 aliphatic rings. The molecule has 0 saturated heterocycles. The number of nitrogens with zero attached hydrogens (tertiary/aromatic N) is 1. The summed E-state index contributed by atoms with van der Waals surface area (Å²) in [5.41, 5.74) is 2.69. The Hall–Kier alpha value is -2.95. The van der Waals surface area contributed by atoms with Gasteiger partial charge in [0.05, 0.1) is 5.69 Å². The molecule has 0 aliphatic carbocycles. The average molecular weight is 341 g/mol. The van der Waals surface area contributed by atoms with Crippen LogP contribution in [0.2, 0.25) is 0 Å². The number of benzene rings is 1. The summed E-state index contributed by atoms with van der Waals surface area (Å²) in [4.78, 5) is 15.0. The zero-order valence-electron chi connectivity index (χ0n) is 14.0. The fraction of sp³-hybridized carbons (Fsp3) is 0.200. The van der Waals surface area contributed by atoms with Gasteiger partial charge < -0.3 is 9.84 Å². The van der Waals surface area contributed by atoms with Crippen molar-refractivity contribution in [2.45, 2.75) is 26.4 Å². The van der Waals surface area contributed by atoms with E-state index in [2.05, 4.69) is 11.6 Å². The van der Waals surface area contributed by atoms with Gasteiger partial charge in [-0.1, -0.05) is 36.9 Å².